The summed E-state index contributed by atoms with van der Waals surface area (Å²) in [5, 5.41) is 0. The Balaban J connectivity index is 3.17. The van der Waals surface area contributed by atoms with Gasteiger partial charge in [-0.25, -0.2) is 4.39 Å². The van der Waals surface area contributed by atoms with Gasteiger partial charge in [-0.3, -0.25) is 0 Å². The molecule has 0 nitrogen and oxygen atoms in total. The van der Waals surface area contributed by atoms with E-state index in [9.17, 15) is 4.39 Å². The third-order valence-corrected chi connectivity index (χ3v) is 1.73. The summed E-state index contributed by atoms with van der Waals surface area (Å²) in [5.41, 5.74) is 0. The van der Waals surface area contributed by atoms with E-state index in [4.69, 9.17) is 0 Å². The molecule has 0 spiro atoms. The van der Waals surface area contributed by atoms with Crippen molar-refractivity contribution < 1.29 is 4.39 Å². The van der Waals surface area contributed by atoms with E-state index in [0.29, 0.717) is 4.90 Å². The van der Waals surface area contributed by atoms with Gasteiger partial charge in [0.2, 0.25) is 0 Å². The van der Waals surface area contributed by atoms with Crippen LogP contribution in [0.15, 0.2) is 23.1 Å². The lowest BCUT2D eigenvalue weighted by Gasteiger charge is -1.92. The molecule has 0 aliphatic heterocycles. The Bertz CT molecular complexity index is 174. The van der Waals surface area contributed by atoms with Crippen molar-refractivity contribution in [2.24, 2.45) is 0 Å². The Labute approximate surface area is 72.0 Å². The van der Waals surface area contributed by atoms with Crippen molar-refractivity contribution in [3.63, 3.8) is 0 Å². The number of halogens is 2. The molecule has 0 bridgehead atoms. The monoisotopic (exact) mass is 254 g/mol. The molecule has 0 fully saturated rings. The molecular weight excluding hydrogens is 250 g/mol. The predicted molar refractivity (Wildman–Crippen MR) is 46.4 cm³/mol. The largest absolute Gasteiger partial charge is 0.207 e. The molecule has 9 heavy (non-hydrogen) atoms. The molecule has 1 rings (SSSR count). The van der Waals surface area contributed by atoms with Crippen LogP contribution in [0.25, 0.3) is 0 Å². The van der Waals surface area contributed by atoms with E-state index in [1.54, 1.807) is 6.07 Å². The Morgan fingerprint density at radius 3 is 2.44 bits per heavy atom. The highest BCUT2D eigenvalue weighted by molar-refractivity contribution is 14.1. The summed E-state index contributed by atoms with van der Waals surface area (Å²) in [7, 11) is 0. The zero-order chi connectivity index (χ0) is 6.85. The Morgan fingerprint density at radius 1 is 1.33 bits per heavy atom. The van der Waals surface area contributed by atoms with Gasteiger partial charge in [-0.1, -0.05) is 0 Å². The molecule has 0 aliphatic carbocycles. The van der Waals surface area contributed by atoms with Crippen LogP contribution in [0.3, 0.4) is 0 Å². The molecule has 0 aliphatic rings. The molecule has 48 valence electrons. The van der Waals surface area contributed by atoms with E-state index in [1.807, 2.05) is 22.6 Å². The summed E-state index contributed by atoms with van der Waals surface area (Å²) in [6.45, 7) is 0. The summed E-state index contributed by atoms with van der Waals surface area (Å²) in [4.78, 5) is 0.666. The van der Waals surface area contributed by atoms with Crippen molar-refractivity contribution >= 4 is 35.2 Å². The minimum Gasteiger partial charge on any atom is -0.207 e. The summed E-state index contributed by atoms with van der Waals surface area (Å²) in [6.07, 6.45) is 0. The van der Waals surface area contributed by atoms with E-state index in [1.165, 1.54) is 12.1 Å². The van der Waals surface area contributed by atoms with Crippen molar-refractivity contribution in [3.8, 4) is 0 Å². The maximum atomic E-state index is 12.4. The first kappa shape index (κ1) is 7.34. The predicted octanol–water partition coefficient (Wildman–Crippen LogP) is 2.72. The molecule has 0 N–H and O–H groups in total. The molecule has 0 unspecified atom stereocenters. The Hall–Kier alpha value is 0.230. The first-order chi connectivity index (χ1) is 4.18. The van der Waals surface area contributed by atoms with Gasteiger partial charge in [0.15, 0.2) is 0 Å². The first-order valence-corrected chi connectivity index (χ1v) is 3.86. The molecule has 0 aromatic heterocycles. The third-order valence-electron chi connectivity index (χ3n) is 0.847. The minimum absolute atomic E-state index is 0.230. The highest BCUT2D eigenvalue weighted by Crippen LogP contribution is 2.13. The standard InChI is InChI=1S/C6H4FIS/c7-4-1-5(8)3-6(9)2-4/h1-3,9H. The van der Waals surface area contributed by atoms with Gasteiger partial charge in [0, 0.05) is 8.47 Å². The van der Waals surface area contributed by atoms with Gasteiger partial charge in [0.05, 0.1) is 0 Å². The lowest BCUT2D eigenvalue weighted by Crippen LogP contribution is -1.76. The first-order valence-electron chi connectivity index (χ1n) is 2.33. The smallest absolute Gasteiger partial charge is 0.125 e. The van der Waals surface area contributed by atoms with Crippen LogP contribution in [-0.2, 0) is 0 Å². The number of hydrogen-bond acceptors (Lipinski definition) is 1. The molecule has 0 saturated carbocycles. The number of thiol groups is 1. The Morgan fingerprint density at radius 2 is 2.00 bits per heavy atom. The molecule has 1 aromatic rings. The van der Waals surface area contributed by atoms with Crippen molar-refractivity contribution in [1.82, 2.24) is 0 Å². The van der Waals surface area contributed by atoms with Gasteiger partial charge in [-0.2, -0.15) is 0 Å². The highest BCUT2D eigenvalue weighted by Gasteiger charge is 1.92. The van der Waals surface area contributed by atoms with Crippen LogP contribution < -0.4 is 0 Å². The summed E-state index contributed by atoms with van der Waals surface area (Å²) >= 11 is 6.02. The Kier molecular flexibility index (Phi) is 2.35. The topological polar surface area (TPSA) is 0 Å². The van der Waals surface area contributed by atoms with Gasteiger partial charge >= 0.3 is 0 Å². The van der Waals surface area contributed by atoms with Crippen molar-refractivity contribution in [3.05, 3.63) is 27.6 Å². The maximum Gasteiger partial charge on any atom is 0.125 e. The average Bonchev–Trinajstić information content (AvgIpc) is 1.59. The molecule has 0 atom stereocenters. The van der Waals surface area contributed by atoms with E-state index >= 15 is 0 Å². The van der Waals surface area contributed by atoms with Crippen LogP contribution >= 0.6 is 35.2 Å². The van der Waals surface area contributed by atoms with Crippen LogP contribution in [0, 0.1) is 9.39 Å². The van der Waals surface area contributed by atoms with Crippen molar-refractivity contribution in [2.45, 2.75) is 4.90 Å². The SMILES string of the molecule is Fc1cc(S)cc(I)c1. The van der Waals surface area contributed by atoms with Gasteiger partial charge in [-0.05, 0) is 40.8 Å². The van der Waals surface area contributed by atoms with E-state index in [0.717, 1.165) is 3.57 Å². The normalized spacial score (nSPS) is 9.67. The fraction of sp³-hybridized carbons (Fsp3) is 0. The fourth-order valence-corrected chi connectivity index (χ4v) is 1.68. The molecular formula is C6H4FIS. The van der Waals surface area contributed by atoms with Crippen LogP contribution in [0.5, 0.6) is 0 Å². The van der Waals surface area contributed by atoms with Crippen LogP contribution in [0.1, 0.15) is 0 Å². The molecule has 0 amide bonds. The second-order valence-corrected chi connectivity index (χ2v) is 3.39. The zero-order valence-electron chi connectivity index (χ0n) is 4.44. The van der Waals surface area contributed by atoms with E-state index in [-0.39, 0.29) is 5.82 Å². The fourth-order valence-electron chi connectivity index (χ4n) is 0.539. The van der Waals surface area contributed by atoms with Crippen LogP contribution in [0.2, 0.25) is 0 Å². The minimum atomic E-state index is -0.230. The van der Waals surface area contributed by atoms with Gasteiger partial charge in [0.25, 0.3) is 0 Å². The number of rotatable bonds is 0. The van der Waals surface area contributed by atoms with Crippen LogP contribution in [0.4, 0.5) is 4.39 Å². The second kappa shape index (κ2) is 2.88. The number of hydrogen-bond donors (Lipinski definition) is 1. The lowest BCUT2D eigenvalue weighted by atomic mass is 10.3. The van der Waals surface area contributed by atoms with Gasteiger partial charge in [0.1, 0.15) is 5.82 Å². The molecule has 1 aromatic carbocycles. The van der Waals surface area contributed by atoms with Gasteiger partial charge in [-0.15, -0.1) is 12.6 Å². The molecule has 0 saturated heterocycles. The van der Waals surface area contributed by atoms with E-state index < -0.39 is 0 Å². The maximum absolute atomic E-state index is 12.4. The van der Waals surface area contributed by atoms with Gasteiger partial charge < -0.3 is 0 Å². The van der Waals surface area contributed by atoms with Crippen LogP contribution in [-0.4, -0.2) is 0 Å². The molecule has 0 heterocycles. The van der Waals surface area contributed by atoms with Crippen molar-refractivity contribution in [2.75, 3.05) is 0 Å². The van der Waals surface area contributed by atoms with Crippen molar-refractivity contribution in [1.29, 1.82) is 0 Å². The quantitative estimate of drug-likeness (QED) is 0.534. The highest BCUT2D eigenvalue weighted by atomic mass is 127. The zero-order valence-corrected chi connectivity index (χ0v) is 7.49. The average molecular weight is 254 g/mol. The molecule has 3 heteroatoms. The summed E-state index contributed by atoms with van der Waals surface area (Å²) < 4.78 is 13.2. The number of benzene rings is 1. The van der Waals surface area contributed by atoms with E-state index in [2.05, 4.69) is 12.6 Å². The summed E-state index contributed by atoms with van der Waals surface area (Å²) in [6, 6.07) is 4.64. The second-order valence-electron chi connectivity index (χ2n) is 1.63. The summed E-state index contributed by atoms with van der Waals surface area (Å²) in [5.74, 6) is -0.230. The molecule has 0 radical (unpaired) electrons. The lowest BCUT2D eigenvalue weighted by molar-refractivity contribution is 0.623. The third kappa shape index (κ3) is 2.14.